The second kappa shape index (κ2) is 12.6. The molecule has 0 saturated carbocycles. The molecule has 0 radical (unpaired) electrons. The van der Waals surface area contributed by atoms with Gasteiger partial charge in [-0.3, -0.25) is 14.5 Å². The van der Waals surface area contributed by atoms with Crippen LogP contribution in [0.25, 0.3) is 0 Å². The number of hydrogen-bond donors (Lipinski definition) is 1. The van der Waals surface area contributed by atoms with E-state index >= 15 is 0 Å². The maximum Gasteiger partial charge on any atom is 0.338 e. The van der Waals surface area contributed by atoms with Crippen LogP contribution in [0.15, 0.2) is 83.9 Å². The van der Waals surface area contributed by atoms with E-state index in [1.54, 1.807) is 36.1 Å². The normalized spacial score (nSPS) is 16.5. The second-order valence-electron chi connectivity index (χ2n) is 8.25. The molecule has 0 aliphatic carbocycles. The van der Waals surface area contributed by atoms with Crippen LogP contribution in [0.2, 0.25) is 5.02 Å². The van der Waals surface area contributed by atoms with Crippen molar-refractivity contribution in [2.45, 2.75) is 25.0 Å². The average molecular weight is 536 g/mol. The molecule has 0 bridgehead atoms. The molecule has 1 fully saturated rings. The zero-order chi connectivity index (χ0) is 26.2. The van der Waals surface area contributed by atoms with Gasteiger partial charge in [-0.1, -0.05) is 53.7 Å². The third-order valence-corrected chi connectivity index (χ3v) is 7.05. The van der Waals surface area contributed by atoms with Gasteiger partial charge in [0.05, 0.1) is 17.9 Å². The molecule has 1 unspecified atom stereocenters. The third-order valence-electron chi connectivity index (χ3n) is 5.61. The van der Waals surface area contributed by atoms with Crippen LogP contribution in [0, 0.1) is 0 Å². The minimum Gasteiger partial charge on any atom is -0.462 e. The van der Waals surface area contributed by atoms with E-state index in [1.165, 1.54) is 11.8 Å². The number of ether oxygens (including phenoxy) is 1. The van der Waals surface area contributed by atoms with Gasteiger partial charge in [0.1, 0.15) is 5.25 Å². The minimum atomic E-state index is -0.647. The highest BCUT2D eigenvalue weighted by Crippen LogP contribution is 2.30. The molecule has 4 rings (SSSR count). The Hall–Kier alpha value is -3.62. The van der Waals surface area contributed by atoms with Crippen molar-refractivity contribution in [1.29, 1.82) is 0 Å². The van der Waals surface area contributed by atoms with Gasteiger partial charge in [-0.15, -0.1) is 0 Å². The molecule has 0 spiro atoms. The molecule has 190 valence electrons. The van der Waals surface area contributed by atoms with Crippen molar-refractivity contribution in [2.75, 3.05) is 18.5 Å². The number of nitrogens with zero attached hydrogens (tertiary/aromatic N) is 2. The average Bonchev–Trinajstić information content (AvgIpc) is 2.90. The summed E-state index contributed by atoms with van der Waals surface area (Å²) in [5.74, 6) is -0.894. The summed E-state index contributed by atoms with van der Waals surface area (Å²) < 4.78 is 4.99. The number of benzene rings is 3. The molecule has 37 heavy (non-hydrogen) atoms. The fourth-order valence-corrected chi connectivity index (χ4v) is 4.94. The zero-order valence-corrected chi connectivity index (χ0v) is 21.8. The Labute approximate surface area is 224 Å². The van der Waals surface area contributed by atoms with E-state index in [4.69, 9.17) is 21.3 Å². The Kier molecular flexibility index (Phi) is 8.98. The first kappa shape index (κ1) is 26.4. The maximum absolute atomic E-state index is 13.2. The van der Waals surface area contributed by atoms with Gasteiger partial charge in [0.2, 0.25) is 11.8 Å². The summed E-state index contributed by atoms with van der Waals surface area (Å²) in [6.45, 7) is 2.46. The molecule has 3 aromatic carbocycles. The van der Waals surface area contributed by atoms with Crippen LogP contribution < -0.4 is 5.32 Å². The SMILES string of the molecule is CCOC(=O)c1ccc(NC(=O)C2CC(=O)N(CCc3ccc(Cl)cc3)C(=Nc3ccccc3)S2)cc1. The monoisotopic (exact) mass is 535 g/mol. The number of carbonyl (C=O) groups is 3. The number of halogens is 1. The molecule has 1 saturated heterocycles. The van der Waals surface area contributed by atoms with Gasteiger partial charge in [0.25, 0.3) is 0 Å². The number of amidine groups is 1. The largest absolute Gasteiger partial charge is 0.462 e. The van der Waals surface area contributed by atoms with Crippen molar-refractivity contribution in [1.82, 2.24) is 4.90 Å². The van der Waals surface area contributed by atoms with Crippen molar-refractivity contribution >= 4 is 57.7 Å². The summed E-state index contributed by atoms with van der Waals surface area (Å²) in [6.07, 6.45) is 0.673. The lowest BCUT2D eigenvalue weighted by Gasteiger charge is -2.32. The number of rotatable bonds is 8. The highest BCUT2D eigenvalue weighted by atomic mass is 35.5. The number of amides is 2. The maximum atomic E-state index is 13.2. The van der Waals surface area contributed by atoms with Crippen molar-refractivity contribution in [2.24, 2.45) is 4.99 Å². The smallest absolute Gasteiger partial charge is 0.338 e. The van der Waals surface area contributed by atoms with Crippen LogP contribution in [0.1, 0.15) is 29.3 Å². The van der Waals surface area contributed by atoms with Gasteiger partial charge in [0.15, 0.2) is 5.17 Å². The first-order valence-electron chi connectivity index (χ1n) is 11.9. The molecule has 7 nitrogen and oxygen atoms in total. The quantitative estimate of drug-likeness (QED) is 0.373. The van der Waals surface area contributed by atoms with Gasteiger partial charge in [0, 0.05) is 23.7 Å². The van der Waals surface area contributed by atoms with Crippen molar-refractivity contribution in [3.63, 3.8) is 0 Å². The lowest BCUT2D eigenvalue weighted by atomic mass is 10.1. The number of hydrogen-bond acceptors (Lipinski definition) is 6. The van der Waals surface area contributed by atoms with E-state index < -0.39 is 11.2 Å². The van der Waals surface area contributed by atoms with Gasteiger partial charge < -0.3 is 10.1 Å². The summed E-state index contributed by atoms with van der Waals surface area (Å²) in [5.41, 5.74) is 2.67. The van der Waals surface area contributed by atoms with Crippen LogP contribution in [0.3, 0.4) is 0 Å². The fraction of sp³-hybridized carbons (Fsp3) is 0.214. The third kappa shape index (κ3) is 7.21. The van der Waals surface area contributed by atoms with E-state index in [9.17, 15) is 14.4 Å². The van der Waals surface area contributed by atoms with E-state index in [0.29, 0.717) is 40.1 Å². The number of para-hydroxylation sites is 1. The standard InChI is InChI=1S/C28H26ClN3O4S/c1-2-36-27(35)20-10-14-23(15-11-20)30-26(34)24-18-25(33)32(17-16-19-8-12-21(29)13-9-19)28(37-24)31-22-6-4-3-5-7-22/h3-15,24H,2,16-18H2,1H3,(H,30,34). The zero-order valence-electron chi connectivity index (χ0n) is 20.2. The Morgan fingerprint density at radius 3 is 2.43 bits per heavy atom. The molecule has 3 aromatic rings. The summed E-state index contributed by atoms with van der Waals surface area (Å²) in [6, 6.07) is 23.3. The van der Waals surface area contributed by atoms with Gasteiger partial charge >= 0.3 is 5.97 Å². The van der Waals surface area contributed by atoms with Gasteiger partial charge in [-0.2, -0.15) is 0 Å². The van der Waals surface area contributed by atoms with E-state index in [2.05, 4.69) is 5.32 Å². The van der Waals surface area contributed by atoms with Crippen LogP contribution in [0.5, 0.6) is 0 Å². The van der Waals surface area contributed by atoms with E-state index in [0.717, 1.165) is 5.56 Å². The summed E-state index contributed by atoms with van der Waals surface area (Å²) in [4.78, 5) is 44.5. The Balaban J connectivity index is 1.48. The molecule has 2 amide bonds. The molecule has 1 N–H and O–H groups in total. The highest BCUT2D eigenvalue weighted by Gasteiger charge is 2.35. The first-order valence-corrected chi connectivity index (χ1v) is 13.1. The lowest BCUT2D eigenvalue weighted by Crippen LogP contribution is -2.46. The predicted octanol–water partition coefficient (Wildman–Crippen LogP) is 5.72. The molecule has 9 heteroatoms. The number of carbonyl (C=O) groups excluding carboxylic acids is 3. The van der Waals surface area contributed by atoms with Crippen LogP contribution in [0.4, 0.5) is 11.4 Å². The fourth-order valence-electron chi connectivity index (χ4n) is 3.69. The lowest BCUT2D eigenvalue weighted by molar-refractivity contribution is -0.129. The molecule has 1 aliphatic rings. The summed E-state index contributed by atoms with van der Waals surface area (Å²) >= 11 is 7.26. The molecule has 1 aliphatic heterocycles. The number of anilines is 1. The Morgan fingerprint density at radius 1 is 1.05 bits per heavy atom. The van der Waals surface area contributed by atoms with Crippen molar-refractivity contribution in [3.8, 4) is 0 Å². The Bertz CT molecular complexity index is 1280. The van der Waals surface area contributed by atoms with Crippen LogP contribution >= 0.6 is 23.4 Å². The molecular formula is C28H26ClN3O4S. The van der Waals surface area contributed by atoms with Crippen LogP contribution in [-0.4, -0.2) is 46.3 Å². The van der Waals surface area contributed by atoms with E-state index in [1.807, 2.05) is 54.6 Å². The number of nitrogens with one attached hydrogen (secondary N) is 1. The van der Waals surface area contributed by atoms with E-state index in [-0.39, 0.29) is 24.8 Å². The molecular weight excluding hydrogens is 510 g/mol. The Morgan fingerprint density at radius 2 is 1.76 bits per heavy atom. The summed E-state index contributed by atoms with van der Waals surface area (Å²) in [5, 5.41) is 3.33. The van der Waals surface area contributed by atoms with Crippen molar-refractivity contribution in [3.05, 3.63) is 95.0 Å². The number of aliphatic imine (C=N–C) groups is 1. The molecule has 1 heterocycles. The van der Waals surface area contributed by atoms with Crippen molar-refractivity contribution < 1.29 is 19.1 Å². The molecule has 1 atom stereocenters. The summed E-state index contributed by atoms with van der Waals surface area (Å²) in [7, 11) is 0. The topological polar surface area (TPSA) is 88.1 Å². The van der Waals surface area contributed by atoms with Gasteiger partial charge in [-0.25, -0.2) is 9.79 Å². The number of esters is 1. The predicted molar refractivity (Wildman–Crippen MR) is 147 cm³/mol. The second-order valence-corrected chi connectivity index (χ2v) is 9.86. The minimum absolute atomic E-state index is 0.0475. The first-order chi connectivity index (χ1) is 17.9. The van der Waals surface area contributed by atoms with Crippen LogP contribution in [-0.2, 0) is 20.7 Å². The van der Waals surface area contributed by atoms with Gasteiger partial charge in [-0.05, 0) is 67.4 Å². The number of thioether (sulfide) groups is 1. The molecule has 0 aromatic heterocycles. The highest BCUT2D eigenvalue weighted by molar-refractivity contribution is 8.15.